The zero-order valence-electron chi connectivity index (χ0n) is 11.2. The number of benzene rings is 1. The lowest BCUT2D eigenvalue weighted by atomic mass is 10.1. The Morgan fingerprint density at radius 1 is 1.05 bits per heavy atom. The molecule has 0 saturated heterocycles. The van der Waals surface area contributed by atoms with E-state index in [1.54, 1.807) is 6.92 Å². The Balaban J connectivity index is 2.12. The minimum atomic E-state index is -0.438. The quantitative estimate of drug-likeness (QED) is 0.892. The van der Waals surface area contributed by atoms with E-state index in [1.165, 1.54) is 6.07 Å². The molecule has 0 aliphatic heterocycles. The van der Waals surface area contributed by atoms with E-state index in [9.17, 15) is 8.78 Å². The van der Waals surface area contributed by atoms with E-state index in [-0.39, 0.29) is 12.1 Å². The Labute approximate surface area is 111 Å². The van der Waals surface area contributed by atoms with Crippen LogP contribution in [-0.4, -0.2) is 0 Å². The molecule has 0 amide bonds. The highest BCUT2D eigenvalue weighted by atomic mass is 19.1. The van der Waals surface area contributed by atoms with Crippen molar-refractivity contribution in [3.05, 3.63) is 59.1 Å². The Kier molecular flexibility index (Phi) is 4.00. The van der Waals surface area contributed by atoms with Crippen molar-refractivity contribution in [1.29, 1.82) is 0 Å². The summed E-state index contributed by atoms with van der Waals surface area (Å²) in [5.74, 6) is 0.755. The molecule has 2 rings (SSSR count). The van der Waals surface area contributed by atoms with Crippen LogP contribution in [0.2, 0.25) is 0 Å². The number of aryl methyl sites for hydroxylation is 1. The molecular weight excluding hydrogens is 248 g/mol. The maximum Gasteiger partial charge on any atom is 0.128 e. The summed E-state index contributed by atoms with van der Waals surface area (Å²) in [4.78, 5) is 0. The predicted molar refractivity (Wildman–Crippen MR) is 69.8 cm³/mol. The summed E-state index contributed by atoms with van der Waals surface area (Å²) in [6.45, 7) is 5.59. The molecule has 102 valence electrons. The van der Waals surface area contributed by atoms with Gasteiger partial charge in [0.15, 0.2) is 0 Å². The van der Waals surface area contributed by atoms with E-state index in [1.807, 2.05) is 26.0 Å². The third-order valence-corrected chi connectivity index (χ3v) is 3.11. The maximum absolute atomic E-state index is 13.6. The van der Waals surface area contributed by atoms with Crippen molar-refractivity contribution < 1.29 is 13.2 Å². The molecule has 1 aromatic carbocycles. The van der Waals surface area contributed by atoms with E-state index in [4.69, 9.17) is 4.42 Å². The van der Waals surface area contributed by atoms with E-state index >= 15 is 0 Å². The molecule has 0 radical (unpaired) electrons. The second kappa shape index (κ2) is 5.53. The average molecular weight is 265 g/mol. The van der Waals surface area contributed by atoms with Gasteiger partial charge in [0.2, 0.25) is 0 Å². The first-order chi connectivity index (χ1) is 8.97. The Hall–Kier alpha value is -1.68. The Morgan fingerprint density at radius 2 is 1.79 bits per heavy atom. The number of hydrogen-bond donors (Lipinski definition) is 1. The van der Waals surface area contributed by atoms with Gasteiger partial charge in [-0.25, -0.2) is 8.78 Å². The molecule has 1 heterocycles. The van der Waals surface area contributed by atoms with Crippen LogP contribution in [0.25, 0.3) is 0 Å². The van der Waals surface area contributed by atoms with Gasteiger partial charge in [0.1, 0.15) is 23.2 Å². The standard InChI is InChI=1S/C15H17F2NO/c1-9-4-7-15(19-9)11(3)18-10(2)13-8-12(16)5-6-14(13)17/h4-8,10-11,18H,1-3H3. The van der Waals surface area contributed by atoms with Crippen molar-refractivity contribution in [2.24, 2.45) is 0 Å². The van der Waals surface area contributed by atoms with Crippen molar-refractivity contribution in [3.63, 3.8) is 0 Å². The Bertz CT molecular complexity index is 565. The summed E-state index contributed by atoms with van der Waals surface area (Å²) >= 11 is 0. The zero-order valence-corrected chi connectivity index (χ0v) is 11.2. The van der Waals surface area contributed by atoms with Gasteiger partial charge >= 0.3 is 0 Å². The second-order valence-corrected chi connectivity index (χ2v) is 4.72. The zero-order chi connectivity index (χ0) is 14.0. The molecule has 0 fully saturated rings. The van der Waals surface area contributed by atoms with Gasteiger partial charge in [-0.2, -0.15) is 0 Å². The Morgan fingerprint density at radius 3 is 2.42 bits per heavy atom. The smallest absolute Gasteiger partial charge is 0.128 e. The molecular formula is C15H17F2NO. The van der Waals surface area contributed by atoms with Gasteiger partial charge < -0.3 is 9.73 Å². The fraction of sp³-hybridized carbons (Fsp3) is 0.333. The fourth-order valence-corrected chi connectivity index (χ4v) is 2.08. The second-order valence-electron chi connectivity index (χ2n) is 4.72. The molecule has 1 aromatic heterocycles. The van der Waals surface area contributed by atoms with Crippen LogP contribution in [0, 0.1) is 18.6 Å². The van der Waals surface area contributed by atoms with E-state index in [2.05, 4.69) is 5.32 Å². The molecule has 2 atom stereocenters. The van der Waals surface area contributed by atoms with Crippen molar-refractivity contribution in [1.82, 2.24) is 5.32 Å². The van der Waals surface area contributed by atoms with Gasteiger partial charge in [-0.15, -0.1) is 0 Å². The summed E-state index contributed by atoms with van der Waals surface area (Å²) in [6.07, 6.45) is 0. The number of hydrogen-bond acceptors (Lipinski definition) is 2. The number of furan rings is 1. The van der Waals surface area contributed by atoms with Crippen molar-refractivity contribution in [3.8, 4) is 0 Å². The lowest BCUT2D eigenvalue weighted by Gasteiger charge is -2.19. The molecule has 2 nitrogen and oxygen atoms in total. The molecule has 19 heavy (non-hydrogen) atoms. The maximum atomic E-state index is 13.6. The minimum Gasteiger partial charge on any atom is -0.465 e. The molecule has 0 saturated carbocycles. The molecule has 0 aliphatic rings. The lowest BCUT2D eigenvalue weighted by molar-refractivity contribution is 0.387. The van der Waals surface area contributed by atoms with Gasteiger partial charge in [0.25, 0.3) is 0 Å². The minimum absolute atomic E-state index is 0.0774. The largest absolute Gasteiger partial charge is 0.465 e. The predicted octanol–water partition coefficient (Wildman–Crippen LogP) is 4.28. The van der Waals surface area contributed by atoms with Crippen LogP contribution in [0.4, 0.5) is 8.78 Å². The first-order valence-electron chi connectivity index (χ1n) is 6.24. The highest BCUT2D eigenvalue weighted by Crippen LogP contribution is 2.23. The van der Waals surface area contributed by atoms with Gasteiger partial charge in [-0.1, -0.05) is 0 Å². The van der Waals surface area contributed by atoms with Crippen LogP contribution in [0.15, 0.2) is 34.7 Å². The first kappa shape index (κ1) is 13.7. The molecule has 0 aliphatic carbocycles. The number of rotatable bonds is 4. The third kappa shape index (κ3) is 3.20. The van der Waals surface area contributed by atoms with Crippen LogP contribution in [-0.2, 0) is 0 Å². The first-order valence-corrected chi connectivity index (χ1v) is 6.24. The van der Waals surface area contributed by atoms with Crippen LogP contribution in [0.1, 0.15) is 43.0 Å². The van der Waals surface area contributed by atoms with Crippen molar-refractivity contribution in [2.75, 3.05) is 0 Å². The summed E-state index contributed by atoms with van der Waals surface area (Å²) in [7, 11) is 0. The summed E-state index contributed by atoms with van der Waals surface area (Å²) in [5, 5.41) is 3.19. The number of halogens is 2. The van der Waals surface area contributed by atoms with Crippen molar-refractivity contribution >= 4 is 0 Å². The van der Waals surface area contributed by atoms with E-state index in [0.29, 0.717) is 5.56 Å². The molecule has 0 spiro atoms. The van der Waals surface area contributed by atoms with Crippen LogP contribution >= 0.6 is 0 Å². The summed E-state index contributed by atoms with van der Waals surface area (Å²) in [6, 6.07) is 6.84. The van der Waals surface area contributed by atoms with E-state index in [0.717, 1.165) is 23.7 Å². The van der Waals surface area contributed by atoms with Gasteiger partial charge in [0.05, 0.1) is 6.04 Å². The van der Waals surface area contributed by atoms with Crippen LogP contribution in [0.5, 0.6) is 0 Å². The monoisotopic (exact) mass is 265 g/mol. The molecule has 0 bridgehead atoms. The van der Waals surface area contributed by atoms with Crippen LogP contribution < -0.4 is 5.32 Å². The highest BCUT2D eigenvalue weighted by molar-refractivity contribution is 5.22. The highest BCUT2D eigenvalue weighted by Gasteiger charge is 2.16. The SMILES string of the molecule is Cc1ccc(C(C)NC(C)c2cc(F)ccc2F)o1. The van der Waals surface area contributed by atoms with Gasteiger partial charge in [-0.3, -0.25) is 0 Å². The third-order valence-electron chi connectivity index (χ3n) is 3.11. The summed E-state index contributed by atoms with van der Waals surface area (Å²) < 4.78 is 32.3. The molecule has 1 N–H and O–H groups in total. The topological polar surface area (TPSA) is 25.2 Å². The van der Waals surface area contributed by atoms with Gasteiger partial charge in [0, 0.05) is 11.6 Å². The normalized spacial score (nSPS) is 14.4. The summed E-state index contributed by atoms with van der Waals surface area (Å²) in [5.41, 5.74) is 0.315. The van der Waals surface area contributed by atoms with Crippen molar-refractivity contribution in [2.45, 2.75) is 32.9 Å². The average Bonchev–Trinajstić information content (AvgIpc) is 2.79. The molecule has 2 aromatic rings. The van der Waals surface area contributed by atoms with E-state index < -0.39 is 11.6 Å². The molecule has 4 heteroatoms. The number of nitrogens with one attached hydrogen (secondary N) is 1. The lowest BCUT2D eigenvalue weighted by Crippen LogP contribution is -2.23. The van der Waals surface area contributed by atoms with Crippen LogP contribution in [0.3, 0.4) is 0 Å². The van der Waals surface area contributed by atoms with Gasteiger partial charge in [-0.05, 0) is 51.1 Å². The fourth-order valence-electron chi connectivity index (χ4n) is 2.08. The molecule has 2 unspecified atom stereocenters.